The first kappa shape index (κ1) is 26.3. The summed E-state index contributed by atoms with van der Waals surface area (Å²) in [5.41, 5.74) is 1.85. The quantitative estimate of drug-likeness (QED) is 0.270. The molecule has 0 saturated carbocycles. The molecule has 11 heteroatoms. The molecule has 0 aliphatic carbocycles. The van der Waals surface area contributed by atoms with Crippen molar-refractivity contribution >= 4 is 34.1 Å². The van der Waals surface area contributed by atoms with Crippen molar-refractivity contribution in [1.29, 1.82) is 0 Å². The number of carbonyl (C=O) groups is 1. The van der Waals surface area contributed by atoms with Crippen molar-refractivity contribution in [3.63, 3.8) is 0 Å². The molecule has 0 atom stereocenters. The van der Waals surface area contributed by atoms with Crippen LogP contribution >= 0.6 is 0 Å². The highest BCUT2D eigenvalue weighted by molar-refractivity contribution is 6.00. The van der Waals surface area contributed by atoms with Crippen LogP contribution in [0.1, 0.15) is 0 Å². The van der Waals surface area contributed by atoms with Crippen LogP contribution in [-0.2, 0) is 4.79 Å². The lowest BCUT2D eigenvalue weighted by molar-refractivity contribution is -0.111. The van der Waals surface area contributed by atoms with E-state index in [1.54, 1.807) is 24.3 Å². The summed E-state index contributed by atoms with van der Waals surface area (Å²) in [5.74, 6) is 0.131. The zero-order valence-electron chi connectivity index (χ0n) is 21.2. The lowest BCUT2D eigenvalue weighted by Crippen LogP contribution is -2.20. The van der Waals surface area contributed by atoms with Gasteiger partial charge in [-0.25, -0.2) is 14.4 Å². The number of amides is 1. The van der Waals surface area contributed by atoms with Gasteiger partial charge in [-0.1, -0.05) is 18.7 Å². The van der Waals surface area contributed by atoms with E-state index in [0.717, 1.165) is 6.08 Å². The molecule has 0 saturated heterocycles. The van der Waals surface area contributed by atoms with Crippen LogP contribution in [0.15, 0.2) is 66.2 Å². The molecule has 0 radical (unpaired) electrons. The van der Waals surface area contributed by atoms with Gasteiger partial charge in [0.05, 0.1) is 29.4 Å². The lowest BCUT2D eigenvalue weighted by Gasteiger charge is -2.18. The fourth-order valence-electron chi connectivity index (χ4n) is 3.66. The highest BCUT2D eigenvalue weighted by atomic mass is 19.1. The summed E-state index contributed by atoms with van der Waals surface area (Å²) in [4.78, 5) is 38.0. The molecule has 0 aliphatic heterocycles. The predicted molar refractivity (Wildman–Crippen MR) is 145 cm³/mol. The van der Waals surface area contributed by atoms with Crippen LogP contribution in [0.25, 0.3) is 22.0 Å². The number of aromatic amines is 1. The predicted octanol–water partition coefficient (Wildman–Crippen LogP) is 3.94. The Hall–Kier alpha value is -4.77. The second-order valence-electron chi connectivity index (χ2n) is 8.52. The lowest BCUT2D eigenvalue weighted by atomic mass is 10.1. The van der Waals surface area contributed by atoms with Gasteiger partial charge in [-0.2, -0.15) is 0 Å². The zero-order chi connectivity index (χ0) is 27.2. The van der Waals surface area contributed by atoms with Crippen molar-refractivity contribution in [1.82, 2.24) is 19.9 Å². The summed E-state index contributed by atoms with van der Waals surface area (Å²) < 4.78 is 25.3. The number of likely N-dealkylation sites (N-methyl/N-ethyl adjacent to an activating group) is 1. The third-order valence-electron chi connectivity index (χ3n) is 5.56. The molecule has 2 aromatic heterocycles. The van der Waals surface area contributed by atoms with Gasteiger partial charge in [0.15, 0.2) is 0 Å². The molecule has 196 valence electrons. The maximum absolute atomic E-state index is 13.9. The van der Waals surface area contributed by atoms with E-state index in [0.29, 0.717) is 52.7 Å². The van der Waals surface area contributed by atoms with Crippen LogP contribution in [-0.4, -0.2) is 60.1 Å². The fraction of sp³-hybridized carbons (Fsp3) is 0.185. The molecule has 10 nitrogen and oxygen atoms in total. The largest absolute Gasteiger partial charge is 0.494 e. The minimum absolute atomic E-state index is 0.154. The molecular weight excluding hydrogens is 491 g/mol. The highest BCUT2D eigenvalue weighted by Crippen LogP contribution is 2.38. The number of nitrogens with zero attached hydrogens (tertiary/aromatic N) is 3. The summed E-state index contributed by atoms with van der Waals surface area (Å²) in [6, 6.07) is 9.26. The van der Waals surface area contributed by atoms with Crippen LogP contribution in [0.5, 0.6) is 11.5 Å². The number of pyridine rings is 1. The first-order valence-corrected chi connectivity index (χ1v) is 11.6. The Morgan fingerprint density at radius 2 is 2.03 bits per heavy atom. The molecule has 38 heavy (non-hydrogen) atoms. The smallest absolute Gasteiger partial charge is 0.259 e. The van der Waals surface area contributed by atoms with Crippen LogP contribution in [0.3, 0.4) is 0 Å². The SMILES string of the molecule is C=CC(=O)Nc1cc(Nc2ncc3c(=O)[nH]cc(-c4cccc(F)c4)c3n2)c(OC)cc1OCCN(C)C. The number of aromatic nitrogens is 3. The van der Waals surface area contributed by atoms with Gasteiger partial charge in [-0.3, -0.25) is 9.59 Å². The molecule has 0 spiro atoms. The number of halogens is 1. The Morgan fingerprint density at radius 1 is 1.21 bits per heavy atom. The number of hydrogen-bond donors (Lipinski definition) is 3. The molecule has 0 unspecified atom stereocenters. The minimum Gasteiger partial charge on any atom is -0.494 e. The van der Waals surface area contributed by atoms with Crippen LogP contribution in [0.2, 0.25) is 0 Å². The average Bonchev–Trinajstić information content (AvgIpc) is 2.89. The number of rotatable bonds is 10. The first-order chi connectivity index (χ1) is 18.3. The average molecular weight is 519 g/mol. The molecule has 2 heterocycles. The normalized spacial score (nSPS) is 10.9. The number of H-pyrrole nitrogens is 1. The van der Waals surface area contributed by atoms with Gasteiger partial charge in [0.2, 0.25) is 11.9 Å². The van der Waals surface area contributed by atoms with E-state index in [4.69, 9.17) is 9.47 Å². The number of fused-ring (bicyclic) bond motifs is 1. The van der Waals surface area contributed by atoms with Gasteiger partial charge < -0.3 is 30.0 Å². The van der Waals surface area contributed by atoms with Gasteiger partial charge in [0.25, 0.3) is 5.56 Å². The maximum Gasteiger partial charge on any atom is 0.259 e. The summed E-state index contributed by atoms with van der Waals surface area (Å²) in [6.45, 7) is 4.54. The number of methoxy groups -OCH3 is 1. The molecular formula is C27H27FN6O4. The van der Waals surface area contributed by atoms with Crippen molar-refractivity contribution in [3.05, 3.63) is 77.6 Å². The topological polar surface area (TPSA) is 121 Å². The second kappa shape index (κ2) is 11.5. The third-order valence-corrected chi connectivity index (χ3v) is 5.56. The number of anilines is 3. The Morgan fingerprint density at radius 3 is 2.74 bits per heavy atom. The van der Waals surface area contributed by atoms with Crippen LogP contribution in [0, 0.1) is 5.82 Å². The molecule has 0 aliphatic rings. The highest BCUT2D eigenvalue weighted by Gasteiger charge is 2.16. The van der Waals surface area contributed by atoms with Gasteiger partial charge in [0, 0.05) is 30.6 Å². The molecule has 0 fully saturated rings. The van der Waals surface area contributed by atoms with Gasteiger partial charge in [-0.15, -0.1) is 0 Å². The van der Waals surface area contributed by atoms with E-state index in [-0.39, 0.29) is 16.9 Å². The number of hydrogen-bond acceptors (Lipinski definition) is 8. The van der Waals surface area contributed by atoms with Gasteiger partial charge >= 0.3 is 0 Å². The van der Waals surface area contributed by atoms with Gasteiger partial charge in [-0.05, 0) is 43.9 Å². The number of carbonyl (C=O) groups excluding carboxylic acids is 1. The zero-order valence-corrected chi connectivity index (χ0v) is 21.2. The minimum atomic E-state index is -0.417. The standard InChI is InChI=1S/C27H27FN6O4/c1-5-24(35)31-21-12-20(22(37-4)13-23(21)38-10-9-34(2)3)32-27-30-15-19-25(33-27)18(14-29-26(19)36)16-7-6-8-17(28)11-16/h5-8,11-15H,1,9-10H2,2-4H3,(H,29,36)(H,31,35)(H,30,32,33). The molecule has 4 aromatic rings. The number of benzene rings is 2. The van der Waals surface area contributed by atoms with E-state index in [1.165, 1.54) is 31.6 Å². The molecule has 1 amide bonds. The fourth-order valence-corrected chi connectivity index (χ4v) is 3.66. The Bertz CT molecular complexity index is 1550. The molecule has 3 N–H and O–H groups in total. The maximum atomic E-state index is 13.9. The van der Waals surface area contributed by atoms with Crippen molar-refractivity contribution < 1.29 is 18.7 Å². The monoisotopic (exact) mass is 518 g/mol. The molecule has 2 aromatic carbocycles. The second-order valence-corrected chi connectivity index (χ2v) is 8.52. The van der Waals surface area contributed by atoms with E-state index in [9.17, 15) is 14.0 Å². The first-order valence-electron chi connectivity index (χ1n) is 11.6. The Kier molecular flexibility index (Phi) is 7.97. The third kappa shape index (κ3) is 5.95. The Balaban J connectivity index is 1.76. The van der Waals surface area contributed by atoms with Crippen molar-refractivity contribution in [3.8, 4) is 22.6 Å². The molecule has 4 rings (SSSR count). The van der Waals surface area contributed by atoms with E-state index in [1.807, 2.05) is 19.0 Å². The number of ether oxygens (including phenoxy) is 2. The summed E-state index contributed by atoms with van der Waals surface area (Å²) in [7, 11) is 5.35. The number of nitrogens with one attached hydrogen (secondary N) is 3. The summed E-state index contributed by atoms with van der Waals surface area (Å²) in [6.07, 6.45) is 4.02. The van der Waals surface area contributed by atoms with Crippen LogP contribution < -0.4 is 25.7 Å². The molecule has 0 bridgehead atoms. The Labute approximate surface area is 218 Å². The summed E-state index contributed by atoms with van der Waals surface area (Å²) >= 11 is 0. The van der Waals surface area contributed by atoms with Gasteiger partial charge in [0.1, 0.15) is 23.9 Å². The van der Waals surface area contributed by atoms with E-state index < -0.39 is 11.7 Å². The van der Waals surface area contributed by atoms with Crippen molar-refractivity contribution in [2.45, 2.75) is 0 Å². The van der Waals surface area contributed by atoms with Crippen LogP contribution in [0.4, 0.5) is 21.7 Å². The van der Waals surface area contributed by atoms with Crippen molar-refractivity contribution in [2.75, 3.05) is 45.0 Å². The van der Waals surface area contributed by atoms with Crippen molar-refractivity contribution in [2.24, 2.45) is 0 Å². The van der Waals surface area contributed by atoms with E-state index >= 15 is 0 Å². The summed E-state index contributed by atoms with van der Waals surface area (Å²) in [5, 5.41) is 6.06. The van der Waals surface area contributed by atoms with E-state index in [2.05, 4.69) is 32.2 Å².